The van der Waals surface area contributed by atoms with E-state index in [-0.39, 0.29) is 5.54 Å². The van der Waals surface area contributed by atoms with Gasteiger partial charge in [0, 0.05) is 35.7 Å². The molecular weight excluding hydrogens is 242 g/mol. The van der Waals surface area contributed by atoms with Crippen molar-refractivity contribution in [3.8, 4) is 0 Å². The molecule has 1 aromatic rings. The molecular formula is C14H25N3S. The molecule has 2 heterocycles. The van der Waals surface area contributed by atoms with Crippen molar-refractivity contribution >= 4 is 16.5 Å². The van der Waals surface area contributed by atoms with E-state index in [1.807, 2.05) is 17.5 Å². The molecule has 0 saturated carbocycles. The van der Waals surface area contributed by atoms with Gasteiger partial charge in [-0.25, -0.2) is 4.98 Å². The number of anilines is 1. The quantitative estimate of drug-likeness (QED) is 0.909. The summed E-state index contributed by atoms with van der Waals surface area (Å²) in [6.45, 7) is 11.0. The largest absolute Gasteiger partial charge is 0.345 e. The minimum absolute atomic E-state index is 0.169. The lowest BCUT2D eigenvalue weighted by Gasteiger charge is -2.33. The maximum absolute atomic E-state index is 4.60. The van der Waals surface area contributed by atoms with Gasteiger partial charge in [-0.2, -0.15) is 0 Å². The zero-order valence-electron chi connectivity index (χ0n) is 12.0. The summed E-state index contributed by atoms with van der Waals surface area (Å²) < 4.78 is 0. The highest BCUT2D eigenvalue weighted by atomic mass is 32.1. The van der Waals surface area contributed by atoms with Gasteiger partial charge in [-0.15, -0.1) is 11.3 Å². The fourth-order valence-corrected chi connectivity index (χ4v) is 3.22. The number of nitrogens with zero attached hydrogens (tertiary/aromatic N) is 2. The average Bonchev–Trinajstić information content (AvgIpc) is 2.75. The molecule has 0 spiro atoms. The van der Waals surface area contributed by atoms with Gasteiger partial charge in [0.05, 0.1) is 0 Å². The molecule has 0 amide bonds. The fraction of sp³-hybridized carbons (Fsp3) is 0.786. The first-order valence-electron chi connectivity index (χ1n) is 6.92. The van der Waals surface area contributed by atoms with Crippen LogP contribution in [0.3, 0.4) is 0 Å². The van der Waals surface area contributed by atoms with E-state index < -0.39 is 0 Å². The fourth-order valence-electron chi connectivity index (χ4n) is 2.25. The lowest BCUT2D eigenvalue weighted by atomic mass is 10.1. The molecule has 0 radical (unpaired) electrons. The zero-order valence-corrected chi connectivity index (χ0v) is 12.8. The van der Waals surface area contributed by atoms with Crippen LogP contribution in [0.1, 0.15) is 51.8 Å². The Morgan fingerprint density at radius 2 is 2.22 bits per heavy atom. The van der Waals surface area contributed by atoms with Gasteiger partial charge in [-0.1, -0.05) is 0 Å². The molecule has 1 unspecified atom stereocenters. The van der Waals surface area contributed by atoms with Gasteiger partial charge in [0.2, 0.25) is 0 Å². The highest BCUT2D eigenvalue weighted by molar-refractivity contribution is 7.15. The minimum Gasteiger partial charge on any atom is -0.345 e. The van der Waals surface area contributed by atoms with Gasteiger partial charge < -0.3 is 10.2 Å². The van der Waals surface area contributed by atoms with Crippen molar-refractivity contribution in [3.05, 3.63) is 11.1 Å². The van der Waals surface area contributed by atoms with Crippen molar-refractivity contribution in [1.29, 1.82) is 0 Å². The Hall–Kier alpha value is -0.610. The first-order valence-corrected chi connectivity index (χ1v) is 7.74. The second kappa shape index (κ2) is 5.57. The summed E-state index contributed by atoms with van der Waals surface area (Å²) in [5.41, 5.74) is 0.169. The predicted octanol–water partition coefficient (Wildman–Crippen LogP) is 3.41. The van der Waals surface area contributed by atoms with Crippen LogP contribution in [-0.2, 0) is 6.54 Å². The van der Waals surface area contributed by atoms with Crippen LogP contribution < -0.4 is 10.2 Å². The number of nitrogens with one attached hydrogen (secondary N) is 1. The molecule has 1 N–H and O–H groups in total. The first-order chi connectivity index (χ1) is 8.46. The Labute approximate surface area is 115 Å². The van der Waals surface area contributed by atoms with Crippen molar-refractivity contribution in [2.75, 3.05) is 11.4 Å². The number of hydrogen-bond donors (Lipinski definition) is 1. The topological polar surface area (TPSA) is 28.2 Å². The summed E-state index contributed by atoms with van der Waals surface area (Å²) in [5, 5.41) is 4.72. The van der Waals surface area contributed by atoms with Crippen LogP contribution >= 0.6 is 11.3 Å². The molecule has 0 aromatic carbocycles. The smallest absolute Gasteiger partial charge is 0.185 e. The third-order valence-corrected chi connectivity index (χ3v) is 4.42. The van der Waals surface area contributed by atoms with Crippen LogP contribution in [0, 0.1) is 0 Å². The van der Waals surface area contributed by atoms with Crippen molar-refractivity contribution in [2.45, 2.75) is 65.1 Å². The maximum Gasteiger partial charge on any atom is 0.185 e. The third-order valence-electron chi connectivity index (χ3n) is 3.38. The molecule has 1 aromatic heterocycles. The van der Waals surface area contributed by atoms with Crippen LogP contribution in [-0.4, -0.2) is 23.1 Å². The van der Waals surface area contributed by atoms with E-state index in [1.165, 1.54) is 35.8 Å². The highest BCUT2D eigenvalue weighted by Gasteiger charge is 2.21. The van der Waals surface area contributed by atoms with Crippen LogP contribution in [0.15, 0.2) is 6.20 Å². The molecule has 2 rings (SSSR count). The van der Waals surface area contributed by atoms with Crippen LogP contribution in [0.5, 0.6) is 0 Å². The molecule has 102 valence electrons. The van der Waals surface area contributed by atoms with Crippen molar-refractivity contribution in [3.63, 3.8) is 0 Å². The molecule has 1 aliphatic rings. The summed E-state index contributed by atoms with van der Waals surface area (Å²) in [4.78, 5) is 8.39. The molecule has 0 bridgehead atoms. The van der Waals surface area contributed by atoms with Crippen molar-refractivity contribution < 1.29 is 0 Å². The Balaban J connectivity index is 1.97. The second-order valence-electron chi connectivity index (χ2n) is 6.25. The second-order valence-corrected chi connectivity index (χ2v) is 7.34. The number of hydrogen-bond acceptors (Lipinski definition) is 4. The van der Waals surface area contributed by atoms with E-state index in [2.05, 4.69) is 42.9 Å². The minimum atomic E-state index is 0.169. The van der Waals surface area contributed by atoms with Crippen LogP contribution in [0.2, 0.25) is 0 Å². The van der Waals surface area contributed by atoms with E-state index in [0.29, 0.717) is 6.04 Å². The standard InChI is InChI=1S/C14H25N3S/c1-11-7-5-6-8-17(11)13-15-9-12(18-13)10-16-14(2,3)4/h9,11,16H,5-8,10H2,1-4H3. The number of rotatable bonds is 3. The summed E-state index contributed by atoms with van der Waals surface area (Å²) >= 11 is 1.84. The van der Waals surface area contributed by atoms with Gasteiger partial charge in [0.25, 0.3) is 0 Å². The molecule has 1 saturated heterocycles. The predicted molar refractivity (Wildman–Crippen MR) is 79.4 cm³/mol. The Morgan fingerprint density at radius 1 is 1.44 bits per heavy atom. The summed E-state index contributed by atoms with van der Waals surface area (Å²) in [7, 11) is 0. The average molecular weight is 267 g/mol. The van der Waals surface area contributed by atoms with Gasteiger partial charge >= 0.3 is 0 Å². The molecule has 4 heteroatoms. The first kappa shape index (κ1) is 13.8. The van der Waals surface area contributed by atoms with E-state index in [9.17, 15) is 0 Å². The molecule has 1 aliphatic heterocycles. The monoisotopic (exact) mass is 267 g/mol. The van der Waals surface area contributed by atoms with E-state index in [0.717, 1.165) is 6.54 Å². The highest BCUT2D eigenvalue weighted by Crippen LogP contribution is 2.28. The number of piperidine rings is 1. The summed E-state index contributed by atoms with van der Waals surface area (Å²) in [6.07, 6.45) is 6.00. The Bertz CT molecular complexity index is 381. The van der Waals surface area contributed by atoms with E-state index in [1.54, 1.807) is 0 Å². The number of aromatic nitrogens is 1. The zero-order chi connectivity index (χ0) is 13.2. The SMILES string of the molecule is CC1CCCCN1c1ncc(CNC(C)(C)C)s1. The van der Waals surface area contributed by atoms with Gasteiger partial charge in [0.1, 0.15) is 0 Å². The molecule has 18 heavy (non-hydrogen) atoms. The summed E-state index contributed by atoms with van der Waals surface area (Å²) in [6, 6.07) is 0.647. The van der Waals surface area contributed by atoms with Crippen LogP contribution in [0.25, 0.3) is 0 Å². The van der Waals surface area contributed by atoms with E-state index in [4.69, 9.17) is 0 Å². The summed E-state index contributed by atoms with van der Waals surface area (Å²) in [5.74, 6) is 0. The lowest BCUT2D eigenvalue weighted by molar-refractivity contribution is 0.426. The molecule has 1 atom stereocenters. The molecule has 3 nitrogen and oxygen atoms in total. The van der Waals surface area contributed by atoms with Crippen molar-refractivity contribution in [2.24, 2.45) is 0 Å². The third kappa shape index (κ3) is 3.69. The van der Waals surface area contributed by atoms with Gasteiger partial charge in [-0.3, -0.25) is 0 Å². The normalized spacial score (nSPS) is 21.3. The van der Waals surface area contributed by atoms with Gasteiger partial charge in [0.15, 0.2) is 5.13 Å². The molecule has 0 aliphatic carbocycles. The van der Waals surface area contributed by atoms with E-state index >= 15 is 0 Å². The Morgan fingerprint density at radius 3 is 2.89 bits per heavy atom. The van der Waals surface area contributed by atoms with Crippen molar-refractivity contribution in [1.82, 2.24) is 10.3 Å². The lowest BCUT2D eigenvalue weighted by Crippen LogP contribution is -2.37. The van der Waals surface area contributed by atoms with Gasteiger partial charge in [-0.05, 0) is 47.0 Å². The maximum atomic E-state index is 4.60. The Kier molecular flexibility index (Phi) is 4.28. The van der Waals surface area contributed by atoms with Crippen LogP contribution in [0.4, 0.5) is 5.13 Å². The molecule has 1 fully saturated rings. The number of thiazole rings is 1.